The summed E-state index contributed by atoms with van der Waals surface area (Å²) in [5.74, 6) is 0.846. The maximum atomic E-state index is 14.8. The molecule has 0 unspecified atom stereocenters. The zero-order valence-electron chi connectivity index (χ0n) is 23.2. The summed E-state index contributed by atoms with van der Waals surface area (Å²) in [7, 11) is -3.03. The Kier molecular flexibility index (Phi) is 6.03. The van der Waals surface area contributed by atoms with E-state index in [1.54, 1.807) is 0 Å². The van der Waals surface area contributed by atoms with Crippen molar-refractivity contribution in [1.29, 1.82) is 0 Å². The van der Waals surface area contributed by atoms with Crippen molar-refractivity contribution in [3.8, 4) is 22.5 Å². The highest BCUT2D eigenvalue weighted by molar-refractivity contribution is 7.85. The standard InChI is InChI=1S/C38H26N3OP/c42-43(30-14-3-1-4-15-30,31-16-5-2-6-17-31)32-24-22-27(23-25-32)28-12-11-13-29(26-28)37-39-34-19-8-7-18-33(34)38-40-35-20-9-10-21-36(35)41(37)38/h1-26H. The number of aromatic nitrogens is 3. The molecular weight excluding hydrogens is 545 g/mol. The van der Waals surface area contributed by atoms with E-state index in [4.69, 9.17) is 9.97 Å². The third-order valence-corrected chi connectivity index (χ3v) is 11.1. The minimum Gasteiger partial charge on any atom is -0.309 e. The highest BCUT2D eigenvalue weighted by atomic mass is 31.2. The maximum Gasteiger partial charge on any atom is 0.171 e. The van der Waals surface area contributed by atoms with Crippen LogP contribution in [0.2, 0.25) is 0 Å². The van der Waals surface area contributed by atoms with Gasteiger partial charge in [-0.25, -0.2) is 9.97 Å². The van der Waals surface area contributed by atoms with Crippen molar-refractivity contribution in [1.82, 2.24) is 14.4 Å². The largest absolute Gasteiger partial charge is 0.309 e. The number of hydrogen-bond acceptors (Lipinski definition) is 3. The molecule has 0 aliphatic rings. The van der Waals surface area contributed by atoms with Gasteiger partial charge in [-0.3, -0.25) is 4.40 Å². The molecule has 0 atom stereocenters. The Hall–Kier alpha value is -5.31. The molecule has 0 aliphatic heterocycles. The predicted molar refractivity (Wildman–Crippen MR) is 178 cm³/mol. The number of imidazole rings is 1. The van der Waals surface area contributed by atoms with Crippen LogP contribution in [0.15, 0.2) is 158 Å². The summed E-state index contributed by atoms with van der Waals surface area (Å²) in [4.78, 5) is 10.1. The van der Waals surface area contributed by atoms with Crippen molar-refractivity contribution < 1.29 is 4.57 Å². The van der Waals surface area contributed by atoms with Crippen molar-refractivity contribution in [3.63, 3.8) is 0 Å². The van der Waals surface area contributed by atoms with E-state index in [9.17, 15) is 4.57 Å². The SMILES string of the molecule is O=P(c1ccccc1)(c1ccccc1)c1ccc(-c2cccc(-c3nc4ccccc4c4nc5ccccc5n34)c2)cc1. The van der Waals surface area contributed by atoms with Crippen LogP contribution in [0, 0.1) is 0 Å². The van der Waals surface area contributed by atoms with Gasteiger partial charge in [-0.2, -0.15) is 0 Å². The quantitative estimate of drug-likeness (QED) is 0.197. The number of hydrogen-bond donors (Lipinski definition) is 0. The Balaban J connectivity index is 1.25. The zero-order chi connectivity index (χ0) is 28.8. The van der Waals surface area contributed by atoms with Crippen molar-refractivity contribution in [2.45, 2.75) is 0 Å². The van der Waals surface area contributed by atoms with Crippen molar-refractivity contribution in [2.75, 3.05) is 0 Å². The third kappa shape index (κ3) is 4.19. The van der Waals surface area contributed by atoms with Gasteiger partial charge in [-0.15, -0.1) is 0 Å². The summed E-state index contributed by atoms with van der Waals surface area (Å²) in [6.45, 7) is 0. The Morgan fingerprint density at radius 2 is 1.05 bits per heavy atom. The Labute approximate surface area is 249 Å². The smallest absolute Gasteiger partial charge is 0.171 e. The summed E-state index contributed by atoms with van der Waals surface area (Å²) < 4.78 is 17.0. The number of rotatable bonds is 5. The average molecular weight is 572 g/mol. The average Bonchev–Trinajstić information content (AvgIpc) is 3.49. The first-order chi connectivity index (χ1) is 21.2. The lowest BCUT2D eigenvalue weighted by Crippen LogP contribution is -2.24. The fraction of sp³-hybridized carbons (Fsp3) is 0. The molecule has 2 heterocycles. The first-order valence-corrected chi connectivity index (χ1v) is 16.0. The Bertz CT molecular complexity index is 2270. The molecule has 0 radical (unpaired) electrons. The van der Waals surface area contributed by atoms with E-state index in [1.807, 2.05) is 109 Å². The van der Waals surface area contributed by atoms with Crippen LogP contribution in [0.1, 0.15) is 0 Å². The summed E-state index contributed by atoms with van der Waals surface area (Å²) >= 11 is 0. The van der Waals surface area contributed by atoms with Gasteiger partial charge < -0.3 is 4.57 Å². The van der Waals surface area contributed by atoms with E-state index in [2.05, 4.69) is 52.9 Å². The molecular formula is C38H26N3OP. The third-order valence-electron chi connectivity index (χ3n) is 8.07. The summed E-state index contributed by atoms with van der Waals surface area (Å²) in [5, 5.41) is 3.49. The van der Waals surface area contributed by atoms with Gasteiger partial charge >= 0.3 is 0 Å². The van der Waals surface area contributed by atoms with Crippen LogP contribution in [0.25, 0.3) is 50.1 Å². The van der Waals surface area contributed by atoms with E-state index in [1.165, 1.54) is 0 Å². The summed E-state index contributed by atoms with van der Waals surface area (Å²) in [6, 6.07) is 52.5. The van der Waals surface area contributed by atoms with E-state index in [-0.39, 0.29) is 0 Å². The van der Waals surface area contributed by atoms with Crippen LogP contribution in [0.3, 0.4) is 0 Å². The van der Waals surface area contributed by atoms with Gasteiger partial charge in [0, 0.05) is 26.9 Å². The molecule has 8 aromatic rings. The molecule has 5 heteroatoms. The monoisotopic (exact) mass is 571 g/mol. The van der Waals surface area contributed by atoms with Crippen LogP contribution in [0.4, 0.5) is 0 Å². The van der Waals surface area contributed by atoms with E-state index in [0.29, 0.717) is 0 Å². The molecule has 6 aromatic carbocycles. The Morgan fingerprint density at radius 1 is 0.465 bits per heavy atom. The second-order valence-electron chi connectivity index (χ2n) is 10.6. The van der Waals surface area contributed by atoms with Gasteiger partial charge in [-0.05, 0) is 41.5 Å². The normalized spacial score (nSPS) is 11.8. The fourth-order valence-corrected chi connectivity index (χ4v) is 8.61. The molecule has 0 aliphatic carbocycles. The lowest BCUT2D eigenvalue weighted by Gasteiger charge is -2.20. The molecule has 0 saturated carbocycles. The minimum atomic E-state index is -3.03. The van der Waals surface area contributed by atoms with Crippen LogP contribution in [-0.4, -0.2) is 14.4 Å². The molecule has 0 spiro atoms. The molecule has 2 aromatic heterocycles. The van der Waals surface area contributed by atoms with Gasteiger partial charge in [0.15, 0.2) is 7.14 Å². The van der Waals surface area contributed by atoms with Gasteiger partial charge in [0.2, 0.25) is 0 Å². The molecule has 43 heavy (non-hydrogen) atoms. The topological polar surface area (TPSA) is 47.3 Å². The predicted octanol–water partition coefficient (Wildman–Crippen LogP) is 8.01. The number of nitrogens with zero attached hydrogens (tertiary/aromatic N) is 3. The van der Waals surface area contributed by atoms with E-state index >= 15 is 0 Å². The van der Waals surface area contributed by atoms with Crippen molar-refractivity contribution in [3.05, 3.63) is 158 Å². The number of para-hydroxylation sites is 3. The lowest BCUT2D eigenvalue weighted by molar-refractivity contribution is 0.592. The van der Waals surface area contributed by atoms with Gasteiger partial charge in [0.1, 0.15) is 11.5 Å². The van der Waals surface area contributed by atoms with Crippen LogP contribution >= 0.6 is 7.14 Å². The molecule has 0 saturated heterocycles. The Morgan fingerprint density at radius 3 is 1.77 bits per heavy atom. The molecule has 4 nitrogen and oxygen atoms in total. The van der Waals surface area contributed by atoms with Crippen molar-refractivity contribution >= 4 is 50.6 Å². The molecule has 0 amide bonds. The highest BCUT2D eigenvalue weighted by Crippen LogP contribution is 2.42. The number of benzene rings is 6. The van der Waals surface area contributed by atoms with Gasteiger partial charge in [0.05, 0.1) is 16.6 Å². The van der Waals surface area contributed by atoms with Gasteiger partial charge in [0.25, 0.3) is 0 Å². The summed E-state index contributed by atoms with van der Waals surface area (Å²) in [6.07, 6.45) is 0. The minimum absolute atomic E-state index is 0.813. The number of fused-ring (bicyclic) bond motifs is 5. The molecule has 0 N–H and O–H groups in total. The first kappa shape index (κ1) is 25.4. The second kappa shape index (κ2) is 10.2. The molecule has 204 valence electrons. The zero-order valence-corrected chi connectivity index (χ0v) is 24.1. The summed E-state index contributed by atoms with van der Waals surface area (Å²) in [5.41, 5.74) is 6.88. The lowest BCUT2D eigenvalue weighted by atomic mass is 10.0. The fourth-order valence-electron chi connectivity index (χ4n) is 5.96. The van der Waals surface area contributed by atoms with E-state index in [0.717, 1.165) is 66.0 Å². The molecule has 8 rings (SSSR count). The first-order valence-electron chi connectivity index (χ1n) is 14.3. The highest BCUT2D eigenvalue weighted by Gasteiger charge is 2.29. The van der Waals surface area contributed by atoms with Crippen LogP contribution < -0.4 is 15.9 Å². The van der Waals surface area contributed by atoms with Crippen LogP contribution in [0.5, 0.6) is 0 Å². The molecule has 0 bridgehead atoms. The molecule has 0 fully saturated rings. The van der Waals surface area contributed by atoms with Crippen LogP contribution in [-0.2, 0) is 4.57 Å². The van der Waals surface area contributed by atoms with E-state index < -0.39 is 7.14 Å². The van der Waals surface area contributed by atoms with Crippen molar-refractivity contribution in [2.24, 2.45) is 0 Å². The van der Waals surface area contributed by atoms with Gasteiger partial charge in [-0.1, -0.05) is 127 Å². The second-order valence-corrected chi connectivity index (χ2v) is 13.4. The maximum absolute atomic E-state index is 14.8.